The molecule has 0 aromatic rings. The van der Waals surface area contributed by atoms with Gasteiger partial charge in [0.1, 0.15) is 0 Å². The molecule has 1 aliphatic carbocycles. The first-order chi connectivity index (χ1) is 7.15. The van der Waals surface area contributed by atoms with E-state index in [2.05, 4.69) is 9.47 Å². The molecular formula is C9H15Cl3O2U. The van der Waals surface area contributed by atoms with Gasteiger partial charge < -0.3 is 9.47 Å². The standard InChI is InChI=1S/C5H5.C4H10O2.3ClH.U/c1-2-4-5-3-1;1-5-3-4-6-2;;;;/h1-5H;3-4H2,1-2H3;3*1H;/q;;;;;+3/p-3. The fourth-order valence-electron chi connectivity index (χ4n) is 0.487. The SMILES string of the molecule is COCCOC.[CH]1C=CC=C1.[Cl][U]([Cl])[Cl]. The molecule has 1 aliphatic rings. The van der Waals surface area contributed by atoms with Gasteiger partial charge in [-0.15, -0.1) is 0 Å². The fourth-order valence-corrected chi connectivity index (χ4v) is 0.487. The number of hydrogen-bond donors (Lipinski definition) is 0. The predicted octanol–water partition coefficient (Wildman–Crippen LogP) is 3.66. The normalized spacial score (nSPS) is 11.3. The molecule has 1 rings (SSSR count). The molecule has 0 N–H and O–H groups in total. The van der Waals surface area contributed by atoms with Gasteiger partial charge in [-0.2, -0.15) is 0 Å². The molecule has 0 heterocycles. The van der Waals surface area contributed by atoms with Crippen molar-refractivity contribution in [1.29, 1.82) is 0 Å². The van der Waals surface area contributed by atoms with Crippen LogP contribution in [0.3, 0.4) is 0 Å². The van der Waals surface area contributed by atoms with Crippen LogP contribution >= 0.6 is 22.9 Å². The minimum absolute atomic E-state index is 0.691. The third-order valence-electron chi connectivity index (χ3n) is 1.05. The van der Waals surface area contributed by atoms with Crippen LogP contribution in [0, 0.1) is 28.5 Å². The van der Waals surface area contributed by atoms with Crippen molar-refractivity contribution in [2.24, 2.45) is 0 Å². The summed E-state index contributed by atoms with van der Waals surface area (Å²) in [6, 6.07) is 0. The molecule has 0 saturated carbocycles. The Balaban J connectivity index is 0. The van der Waals surface area contributed by atoms with Gasteiger partial charge in [0.15, 0.2) is 0 Å². The molecule has 15 heavy (non-hydrogen) atoms. The second-order valence-electron chi connectivity index (χ2n) is 2.16. The number of methoxy groups -OCH3 is 2. The van der Waals surface area contributed by atoms with E-state index in [1.54, 1.807) is 14.2 Å². The van der Waals surface area contributed by atoms with Crippen molar-refractivity contribution in [3.05, 3.63) is 30.7 Å². The molecule has 0 aliphatic heterocycles. The van der Waals surface area contributed by atoms with E-state index in [0.29, 0.717) is 13.2 Å². The molecule has 0 spiro atoms. The maximum atomic E-state index is 5.03. The topological polar surface area (TPSA) is 18.5 Å². The first-order valence-electron chi connectivity index (χ1n) is 4.13. The first-order valence-corrected chi connectivity index (χ1v) is 19.4. The predicted molar refractivity (Wildman–Crippen MR) is 63.9 cm³/mol. The van der Waals surface area contributed by atoms with Crippen LogP contribution in [0.25, 0.3) is 0 Å². The van der Waals surface area contributed by atoms with E-state index in [0.717, 1.165) is 0 Å². The Hall–Kier alpha value is 1.32. The van der Waals surface area contributed by atoms with Crippen LogP contribution in [0.4, 0.5) is 0 Å². The van der Waals surface area contributed by atoms with Crippen molar-refractivity contribution in [1.82, 2.24) is 0 Å². The zero-order valence-corrected chi connectivity index (χ0v) is 15.2. The zero-order valence-electron chi connectivity index (χ0n) is 8.75. The van der Waals surface area contributed by atoms with Gasteiger partial charge in [0.25, 0.3) is 0 Å². The van der Waals surface area contributed by atoms with E-state index < -0.39 is 22.1 Å². The van der Waals surface area contributed by atoms with Crippen LogP contribution in [0.2, 0.25) is 0 Å². The van der Waals surface area contributed by atoms with Crippen molar-refractivity contribution in [2.75, 3.05) is 27.4 Å². The summed E-state index contributed by atoms with van der Waals surface area (Å²) in [5.41, 5.74) is 0. The van der Waals surface area contributed by atoms with E-state index in [1.165, 1.54) is 0 Å². The Kier molecular flexibility index (Phi) is 22.1. The van der Waals surface area contributed by atoms with Crippen LogP contribution in [-0.4, -0.2) is 27.4 Å². The third-order valence-corrected chi connectivity index (χ3v) is 1.05. The van der Waals surface area contributed by atoms with Gasteiger partial charge in [-0.05, 0) is 0 Å². The molecule has 1 radical (unpaired) electrons. The number of hydrogen-bond acceptors (Lipinski definition) is 2. The van der Waals surface area contributed by atoms with Crippen molar-refractivity contribution >= 4 is 22.9 Å². The van der Waals surface area contributed by atoms with Crippen molar-refractivity contribution in [2.45, 2.75) is 0 Å². The Bertz CT molecular complexity index is 147. The minimum atomic E-state index is -2.31. The van der Waals surface area contributed by atoms with Gasteiger partial charge in [0.05, 0.1) is 13.2 Å². The van der Waals surface area contributed by atoms with Crippen LogP contribution in [-0.2, 0) is 9.47 Å². The van der Waals surface area contributed by atoms with Crippen LogP contribution in [0.1, 0.15) is 0 Å². The number of rotatable bonds is 3. The van der Waals surface area contributed by atoms with Gasteiger partial charge in [-0.1, -0.05) is 24.3 Å². The fraction of sp³-hybridized carbons (Fsp3) is 0.444. The van der Waals surface area contributed by atoms with E-state index >= 15 is 0 Å². The summed E-state index contributed by atoms with van der Waals surface area (Å²) >= 11 is -2.31. The molecule has 0 aromatic heterocycles. The molecule has 2 nitrogen and oxygen atoms in total. The molecule has 0 amide bonds. The second-order valence-corrected chi connectivity index (χ2v) is 19.9. The first kappa shape index (κ1) is 18.7. The van der Waals surface area contributed by atoms with Gasteiger partial charge in [-0.3, -0.25) is 0 Å². The molecule has 0 unspecified atom stereocenters. The molecule has 0 saturated heterocycles. The van der Waals surface area contributed by atoms with Gasteiger partial charge in [-0.25, -0.2) is 0 Å². The summed E-state index contributed by atoms with van der Waals surface area (Å²) in [4.78, 5) is 0. The average molecular weight is 500 g/mol. The number of halogens is 3. The van der Waals surface area contributed by atoms with Crippen LogP contribution in [0.5, 0.6) is 0 Å². The van der Waals surface area contributed by atoms with Gasteiger partial charge in [0.2, 0.25) is 0 Å². The summed E-state index contributed by atoms with van der Waals surface area (Å²) < 4.78 is 9.31. The zero-order chi connectivity index (χ0) is 11.9. The molecule has 0 bridgehead atoms. The second kappa shape index (κ2) is 17.7. The summed E-state index contributed by atoms with van der Waals surface area (Å²) in [6.07, 6.45) is 10.0. The van der Waals surface area contributed by atoms with E-state index in [4.69, 9.17) is 22.9 Å². The van der Waals surface area contributed by atoms with E-state index in [1.807, 2.05) is 30.7 Å². The maximum absolute atomic E-state index is 5.03. The molecule has 88 valence electrons. The van der Waals surface area contributed by atoms with Crippen LogP contribution in [0.15, 0.2) is 24.3 Å². The van der Waals surface area contributed by atoms with Crippen molar-refractivity contribution < 1.29 is 31.5 Å². The molecule has 0 atom stereocenters. The van der Waals surface area contributed by atoms with E-state index in [9.17, 15) is 0 Å². The Labute approximate surface area is 111 Å². The third kappa shape index (κ3) is 31.3. The Morgan fingerprint density at radius 2 is 1.20 bits per heavy atom. The molecule has 0 aromatic carbocycles. The number of ether oxygens (including phenoxy) is 2. The monoisotopic (exact) mass is 498 g/mol. The summed E-state index contributed by atoms with van der Waals surface area (Å²) in [6.45, 7) is 1.38. The van der Waals surface area contributed by atoms with Crippen molar-refractivity contribution in [3.63, 3.8) is 0 Å². The molecule has 0 fully saturated rings. The summed E-state index contributed by atoms with van der Waals surface area (Å²) in [5, 5.41) is 0. The van der Waals surface area contributed by atoms with Gasteiger partial charge in [0, 0.05) is 20.6 Å². The molecular weight excluding hydrogens is 484 g/mol. The van der Waals surface area contributed by atoms with Crippen molar-refractivity contribution in [3.8, 4) is 0 Å². The quantitative estimate of drug-likeness (QED) is 0.552. The van der Waals surface area contributed by atoms with E-state index in [-0.39, 0.29) is 0 Å². The average Bonchev–Trinajstić information content (AvgIpc) is 2.71. The Morgan fingerprint density at radius 1 is 0.867 bits per heavy atom. The summed E-state index contributed by atoms with van der Waals surface area (Å²) in [7, 11) is 18.4. The summed E-state index contributed by atoms with van der Waals surface area (Å²) in [5.74, 6) is 0. The Morgan fingerprint density at radius 3 is 1.33 bits per heavy atom. The van der Waals surface area contributed by atoms with Gasteiger partial charge >= 0.3 is 44.9 Å². The van der Waals surface area contributed by atoms with Crippen LogP contribution < -0.4 is 0 Å². The molecule has 6 heteroatoms. The number of allylic oxidation sites excluding steroid dienone is 4.